The molecule has 0 atom stereocenters. The van der Waals surface area contributed by atoms with Gasteiger partial charge in [0, 0.05) is 0 Å². The van der Waals surface area contributed by atoms with Crippen LogP contribution in [-0.2, 0) is 4.29 Å². The van der Waals surface area contributed by atoms with Crippen LogP contribution in [-0.4, -0.2) is 49.0 Å². The van der Waals surface area contributed by atoms with Crippen molar-refractivity contribution in [3.8, 4) is 0 Å². The Hall–Kier alpha value is 0.820. The average Bonchev–Trinajstić information content (AvgIpc) is 1.38. The predicted molar refractivity (Wildman–Crippen MR) is 23.5 cm³/mol. The first-order chi connectivity index (χ1) is 2.27. The summed E-state index contributed by atoms with van der Waals surface area (Å²) in [5, 5.41) is 7.37. The Morgan fingerprint density at radius 3 is 2.00 bits per heavy atom. The maximum atomic E-state index is 9.01. The van der Waals surface area contributed by atoms with E-state index in [1.807, 2.05) is 0 Å². The quantitative estimate of drug-likeness (QED) is 0.477. The molecule has 0 aromatic rings. The molecule has 5 heteroatoms. The number of hydrogen-bond donors (Lipinski definition) is 1. The van der Waals surface area contributed by atoms with Gasteiger partial charge in [-0.2, -0.15) is 0 Å². The van der Waals surface area contributed by atoms with Crippen molar-refractivity contribution in [1.82, 2.24) is 0 Å². The van der Waals surface area contributed by atoms with Crippen molar-refractivity contribution in [2.45, 2.75) is 0 Å². The van der Waals surface area contributed by atoms with Crippen LogP contribution in [0.15, 0.2) is 0 Å². The van der Waals surface area contributed by atoms with Gasteiger partial charge < -0.3 is 9.40 Å². The van der Waals surface area contributed by atoms with Crippen molar-refractivity contribution in [1.29, 1.82) is 0 Å². The monoisotopic (exact) mass is 138 g/mol. The first-order valence-corrected chi connectivity index (χ1v) is 1.09. The molecule has 0 bridgehead atoms. The van der Waals surface area contributed by atoms with Gasteiger partial charge in [0.25, 0.3) is 0 Å². The zero-order valence-corrected chi connectivity index (χ0v) is 2.90. The van der Waals surface area contributed by atoms with E-state index in [-0.39, 0.29) is 37.7 Å². The van der Waals surface area contributed by atoms with E-state index in [9.17, 15) is 0 Å². The third kappa shape index (κ3) is 8.84. The van der Waals surface area contributed by atoms with Crippen LogP contribution in [0.2, 0.25) is 0 Å². The fraction of sp³-hybridized carbons (Fsp3) is 0. The molecular weight excluding hydrogens is 136 g/mol. The summed E-state index contributed by atoms with van der Waals surface area (Å²) in [6.45, 7) is 0. The molecule has 0 aliphatic heterocycles. The third-order valence-electron chi connectivity index (χ3n) is 0.0660. The second-order valence-corrected chi connectivity index (χ2v) is 0.497. The molecule has 0 saturated carbocycles. The van der Waals surface area contributed by atoms with Gasteiger partial charge in [-0.15, -0.1) is 0 Å². The molecule has 1 N–H and O–H groups in total. The number of halogens is 1. The number of rotatable bonds is 0. The normalized spacial score (nSPS) is 5.50. The number of carboxylic acid groups (broad SMARTS) is 1. The van der Waals surface area contributed by atoms with Crippen molar-refractivity contribution in [2.75, 3.05) is 0 Å². The molecule has 0 saturated heterocycles. The van der Waals surface area contributed by atoms with Gasteiger partial charge in [0.05, 0.1) is 0 Å². The van der Waals surface area contributed by atoms with Gasteiger partial charge in [-0.05, 0) is 0 Å². The fourth-order valence-corrected chi connectivity index (χ4v) is 0. The molecule has 0 spiro atoms. The minimum atomic E-state index is -1.48. The molecule has 0 heterocycles. The second kappa shape index (κ2) is 5.82. The van der Waals surface area contributed by atoms with Gasteiger partial charge in [0.15, 0.2) is 0 Å². The fourth-order valence-electron chi connectivity index (χ4n) is 0. The van der Waals surface area contributed by atoms with Gasteiger partial charge >= 0.3 is 43.9 Å². The maximum absolute atomic E-state index is 9.01. The summed E-state index contributed by atoms with van der Waals surface area (Å²) in [5.41, 5.74) is 0. The molecule has 0 aromatic carbocycles. The van der Waals surface area contributed by atoms with E-state index >= 15 is 0 Å². The molecule has 0 aliphatic rings. The first-order valence-electron chi connectivity index (χ1n) is 0.786. The molecule has 0 aliphatic carbocycles. The van der Waals surface area contributed by atoms with Gasteiger partial charge in [-0.3, -0.25) is 0 Å². The Morgan fingerprint density at radius 1 is 1.83 bits per heavy atom. The van der Waals surface area contributed by atoms with Crippen LogP contribution in [0.3, 0.4) is 0 Å². The van der Waals surface area contributed by atoms with Gasteiger partial charge in [0.1, 0.15) is 11.9 Å². The summed E-state index contributed by atoms with van der Waals surface area (Å²) in [5.74, 6) is 0. The molecular formula is CH3CaClO3. The molecule has 0 amide bonds. The summed E-state index contributed by atoms with van der Waals surface area (Å²) < 4.78 is 3.14. The van der Waals surface area contributed by atoms with E-state index in [0.29, 0.717) is 0 Å². The van der Waals surface area contributed by atoms with Crippen molar-refractivity contribution in [3.05, 3.63) is 0 Å². The molecule has 0 aromatic heterocycles. The van der Waals surface area contributed by atoms with Crippen molar-refractivity contribution < 1.29 is 14.2 Å². The van der Waals surface area contributed by atoms with E-state index in [2.05, 4.69) is 16.2 Å². The topological polar surface area (TPSA) is 46.5 Å². The molecule has 0 radical (unpaired) electrons. The molecule has 3 nitrogen and oxygen atoms in total. The zero-order valence-electron chi connectivity index (χ0n) is 2.14. The summed E-state index contributed by atoms with van der Waals surface area (Å²) in [7, 11) is 0. The predicted octanol–water partition coefficient (Wildman–Crippen LogP) is -0.0814. The standard InChI is InChI=1S/CHClO3.Ca.2H/c2-5-1(3)4;;;/h(H,3,4);;;. The van der Waals surface area contributed by atoms with E-state index in [0.717, 1.165) is 0 Å². The third-order valence-corrected chi connectivity index (χ3v) is 0.198. The summed E-state index contributed by atoms with van der Waals surface area (Å²) in [4.78, 5) is 9.01. The Kier molecular flexibility index (Phi) is 9.64. The molecule has 34 valence electrons. The van der Waals surface area contributed by atoms with Crippen LogP contribution < -0.4 is 0 Å². The first kappa shape index (κ1) is 9.94. The van der Waals surface area contributed by atoms with Crippen LogP contribution in [0.4, 0.5) is 4.79 Å². The Balaban J connectivity index is 0. The van der Waals surface area contributed by atoms with E-state index in [4.69, 9.17) is 9.90 Å². The molecule has 0 rings (SSSR count). The summed E-state index contributed by atoms with van der Waals surface area (Å²) >= 11 is 4.24. The molecule has 0 fully saturated rings. The Labute approximate surface area is 69.4 Å². The van der Waals surface area contributed by atoms with Crippen LogP contribution >= 0.6 is 11.9 Å². The van der Waals surface area contributed by atoms with Gasteiger partial charge in [-0.1, -0.05) is 0 Å². The number of hydrogen-bond acceptors (Lipinski definition) is 2. The Bertz CT molecular complexity index is 46.1. The summed E-state index contributed by atoms with van der Waals surface area (Å²) in [6, 6.07) is 0. The molecule has 6 heavy (non-hydrogen) atoms. The Morgan fingerprint density at radius 2 is 2.00 bits per heavy atom. The van der Waals surface area contributed by atoms with E-state index in [1.165, 1.54) is 0 Å². The van der Waals surface area contributed by atoms with Crippen LogP contribution in [0.5, 0.6) is 0 Å². The number of carbonyl (C=O) groups is 1. The van der Waals surface area contributed by atoms with Crippen LogP contribution in [0.1, 0.15) is 0 Å². The van der Waals surface area contributed by atoms with E-state index < -0.39 is 6.16 Å². The summed E-state index contributed by atoms with van der Waals surface area (Å²) in [6.07, 6.45) is -1.48. The van der Waals surface area contributed by atoms with Crippen molar-refractivity contribution >= 4 is 55.8 Å². The molecule has 0 unspecified atom stereocenters. The van der Waals surface area contributed by atoms with Crippen LogP contribution in [0, 0.1) is 0 Å². The van der Waals surface area contributed by atoms with Crippen molar-refractivity contribution in [3.63, 3.8) is 0 Å². The van der Waals surface area contributed by atoms with Gasteiger partial charge in [-0.25, -0.2) is 4.79 Å². The minimum absolute atomic E-state index is 0. The zero-order chi connectivity index (χ0) is 4.28. The van der Waals surface area contributed by atoms with Crippen LogP contribution in [0.25, 0.3) is 0 Å². The van der Waals surface area contributed by atoms with Gasteiger partial charge in [0.2, 0.25) is 0 Å². The van der Waals surface area contributed by atoms with Crippen molar-refractivity contribution in [2.24, 2.45) is 0 Å². The SMILES string of the molecule is O=C(O)OCl.[CaH2]. The average molecular weight is 139 g/mol. The second-order valence-electron chi connectivity index (χ2n) is 0.343. The van der Waals surface area contributed by atoms with E-state index in [1.54, 1.807) is 0 Å².